The zero-order valence-corrected chi connectivity index (χ0v) is 5.60. The van der Waals surface area contributed by atoms with Crippen LogP contribution in [0.4, 0.5) is 0 Å². The topological polar surface area (TPSA) is 21.3 Å². The Morgan fingerprint density at radius 1 is 1.22 bits per heavy atom. The second-order valence-electron chi connectivity index (χ2n) is 2.94. The summed E-state index contributed by atoms with van der Waals surface area (Å²) in [5.74, 6) is 0. The molecule has 1 saturated heterocycles. The maximum atomic E-state index is 5.45. The first-order chi connectivity index (χ1) is 4.47. The van der Waals surface area contributed by atoms with Gasteiger partial charge in [-0.3, -0.25) is 5.32 Å². The van der Waals surface area contributed by atoms with Crippen LogP contribution in [0.1, 0.15) is 25.7 Å². The largest absolute Gasteiger partial charge is 0.361 e. The number of nitrogens with one attached hydrogen (secondary N) is 1. The average molecular weight is 127 g/mol. The van der Waals surface area contributed by atoms with Crippen LogP contribution in [0.2, 0.25) is 0 Å². The van der Waals surface area contributed by atoms with E-state index in [-0.39, 0.29) is 0 Å². The van der Waals surface area contributed by atoms with Gasteiger partial charge in [-0.15, -0.1) is 0 Å². The summed E-state index contributed by atoms with van der Waals surface area (Å²) in [6.07, 6.45) is 5.90. The van der Waals surface area contributed by atoms with E-state index in [0.29, 0.717) is 12.1 Å². The molecule has 2 atom stereocenters. The minimum Gasteiger partial charge on any atom is -0.361 e. The predicted octanol–water partition coefficient (Wildman–Crippen LogP) is 0.875. The molecule has 1 N–H and O–H groups in total. The van der Waals surface area contributed by atoms with Gasteiger partial charge in [0.25, 0.3) is 0 Å². The maximum absolute atomic E-state index is 5.45. The van der Waals surface area contributed by atoms with Crippen LogP contribution in [0.5, 0.6) is 0 Å². The molecule has 0 amide bonds. The second kappa shape index (κ2) is 2.27. The lowest BCUT2D eigenvalue weighted by molar-refractivity contribution is 0.0823. The van der Waals surface area contributed by atoms with Crippen molar-refractivity contribution in [3.05, 3.63) is 0 Å². The first kappa shape index (κ1) is 5.69. The summed E-state index contributed by atoms with van der Waals surface area (Å²) in [7, 11) is 0. The van der Waals surface area contributed by atoms with Crippen molar-refractivity contribution in [2.45, 2.75) is 37.8 Å². The van der Waals surface area contributed by atoms with Gasteiger partial charge in [0.2, 0.25) is 0 Å². The molecule has 1 aliphatic heterocycles. The third-order valence-electron chi connectivity index (χ3n) is 2.35. The Labute approximate surface area is 55.6 Å². The molecular weight excluding hydrogens is 114 g/mol. The van der Waals surface area contributed by atoms with Crippen molar-refractivity contribution in [2.24, 2.45) is 0 Å². The molecule has 1 heterocycles. The summed E-state index contributed by atoms with van der Waals surface area (Å²) in [5, 5.41) is 3.34. The summed E-state index contributed by atoms with van der Waals surface area (Å²) in [6, 6.07) is 0.693. The van der Waals surface area contributed by atoms with Crippen molar-refractivity contribution in [1.82, 2.24) is 5.32 Å². The van der Waals surface area contributed by atoms with E-state index in [9.17, 15) is 0 Å². The standard InChI is InChI=1S/C7H13NO/c1-2-4-7-6(3-1)8-5-9-7/h6-8H,1-5H2. The molecule has 1 saturated carbocycles. The fraction of sp³-hybridized carbons (Fsp3) is 1.00. The van der Waals surface area contributed by atoms with E-state index < -0.39 is 0 Å². The highest BCUT2D eigenvalue weighted by molar-refractivity contribution is 4.84. The first-order valence-electron chi connectivity index (χ1n) is 3.82. The Morgan fingerprint density at radius 2 is 2.11 bits per heavy atom. The van der Waals surface area contributed by atoms with Crippen molar-refractivity contribution in [3.63, 3.8) is 0 Å². The second-order valence-corrected chi connectivity index (χ2v) is 2.94. The van der Waals surface area contributed by atoms with E-state index in [1.54, 1.807) is 0 Å². The maximum Gasteiger partial charge on any atom is 0.0972 e. The number of fused-ring (bicyclic) bond motifs is 1. The van der Waals surface area contributed by atoms with Gasteiger partial charge in [0.05, 0.1) is 12.8 Å². The highest BCUT2D eigenvalue weighted by atomic mass is 16.5. The van der Waals surface area contributed by atoms with Gasteiger partial charge >= 0.3 is 0 Å². The molecule has 0 aromatic heterocycles. The molecule has 2 heteroatoms. The minimum atomic E-state index is 0.554. The molecule has 2 nitrogen and oxygen atoms in total. The van der Waals surface area contributed by atoms with Crippen LogP contribution >= 0.6 is 0 Å². The van der Waals surface area contributed by atoms with Gasteiger partial charge in [-0.2, -0.15) is 0 Å². The lowest BCUT2D eigenvalue weighted by Crippen LogP contribution is -2.33. The fourth-order valence-electron chi connectivity index (χ4n) is 1.79. The third kappa shape index (κ3) is 0.970. The lowest BCUT2D eigenvalue weighted by Gasteiger charge is -2.22. The van der Waals surface area contributed by atoms with Gasteiger partial charge in [0, 0.05) is 6.04 Å². The molecule has 2 unspecified atom stereocenters. The molecule has 2 fully saturated rings. The van der Waals surface area contributed by atoms with Crippen LogP contribution in [0.15, 0.2) is 0 Å². The summed E-state index contributed by atoms with van der Waals surface area (Å²) >= 11 is 0. The van der Waals surface area contributed by atoms with Crippen LogP contribution < -0.4 is 5.32 Å². The Balaban J connectivity index is 1.97. The van der Waals surface area contributed by atoms with Crippen LogP contribution in [0.3, 0.4) is 0 Å². The van der Waals surface area contributed by atoms with Gasteiger partial charge in [0.1, 0.15) is 0 Å². The summed E-state index contributed by atoms with van der Waals surface area (Å²) in [4.78, 5) is 0. The van der Waals surface area contributed by atoms with Gasteiger partial charge < -0.3 is 4.74 Å². The Morgan fingerprint density at radius 3 is 3.00 bits per heavy atom. The normalized spacial score (nSPS) is 42.7. The molecule has 0 radical (unpaired) electrons. The minimum absolute atomic E-state index is 0.554. The van der Waals surface area contributed by atoms with E-state index in [1.807, 2.05) is 0 Å². The Hall–Kier alpha value is -0.0800. The molecule has 0 spiro atoms. The molecule has 2 aliphatic rings. The highest BCUT2D eigenvalue weighted by Crippen LogP contribution is 2.23. The Bertz CT molecular complexity index is 93.1. The van der Waals surface area contributed by atoms with Crippen molar-refractivity contribution in [2.75, 3.05) is 6.73 Å². The summed E-state index contributed by atoms with van der Waals surface area (Å²) in [5.41, 5.74) is 0. The summed E-state index contributed by atoms with van der Waals surface area (Å²) in [6.45, 7) is 0.787. The quantitative estimate of drug-likeness (QED) is 0.521. The molecule has 52 valence electrons. The van der Waals surface area contributed by atoms with Crippen molar-refractivity contribution >= 4 is 0 Å². The van der Waals surface area contributed by atoms with Crippen LogP contribution in [-0.2, 0) is 4.74 Å². The number of ether oxygens (including phenoxy) is 1. The van der Waals surface area contributed by atoms with Crippen LogP contribution in [0, 0.1) is 0 Å². The van der Waals surface area contributed by atoms with Crippen LogP contribution in [-0.4, -0.2) is 18.9 Å². The number of hydrogen-bond acceptors (Lipinski definition) is 2. The molecule has 0 aromatic carbocycles. The van der Waals surface area contributed by atoms with Crippen molar-refractivity contribution < 1.29 is 4.74 Å². The molecule has 2 rings (SSSR count). The predicted molar refractivity (Wildman–Crippen MR) is 35.1 cm³/mol. The van der Waals surface area contributed by atoms with E-state index in [1.165, 1.54) is 25.7 Å². The molecule has 9 heavy (non-hydrogen) atoms. The third-order valence-corrected chi connectivity index (χ3v) is 2.35. The van der Waals surface area contributed by atoms with Crippen molar-refractivity contribution in [1.29, 1.82) is 0 Å². The lowest BCUT2D eigenvalue weighted by atomic mass is 9.93. The van der Waals surface area contributed by atoms with Gasteiger partial charge in [-0.05, 0) is 12.8 Å². The van der Waals surface area contributed by atoms with Gasteiger partial charge in [0.15, 0.2) is 0 Å². The molecule has 0 aromatic rings. The molecule has 0 bridgehead atoms. The van der Waals surface area contributed by atoms with E-state index in [0.717, 1.165) is 6.73 Å². The first-order valence-corrected chi connectivity index (χ1v) is 3.82. The summed E-state index contributed by atoms with van der Waals surface area (Å²) < 4.78 is 5.45. The number of rotatable bonds is 0. The average Bonchev–Trinajstić information content (AvgIpc) is 2.33. The van der Waals surface area contributed by atoms with E-state index >= 15 is 0 Å². The highest BCUT2D eigenvalue weighted by Gasteiger charge is 2.29. The van der Waals surface area contributed by atoms with Gasteiger partial charge in [-0.1, -0.05) is 12.8 Å². The SMILES string of the molecule is C1CCC2OCNC2C1. The zero-order valence-electron chi connectivity index (χ0n) is 5.60. The zero-order chi connectivity index (χ0) is 6.10. The monoisotopic (exact) mass is 127 g/mol. The van der Waals surface area contributed by atoms with Crippen LogP contribution in [0.25, 0.3) is 0 Å². The fourth-order valence-corrected chi connectivity index (χ4v) is 1.79. The van der Waals surface area contributed by atoms with Crippen molar-refractivity contribution in [3.8, 4) is 0 Å². The van der Waals surface area contributed by atoms with E-state index in [4.69, 9.17) is 4.74 Å². The molecule has 1 aliphatic carbocycles. The smallest absolute Gasteiger partial charge is 0.0972 e. The molecular formula is C7H13NO. The van der Waals surface area contributed by atoms with Gasteiger partial charge in [-0.25, -0.2) is 0 Å². The Kier molecular flexibility index (Phi) is 1.44. The van der Waals surface area contributed by atoms with E-state index in [2.05, 4.69) is 5.32 Å². The number of hydrogen-bond donors (Lipinski definition) is 1.